The molecule has 4 nitrogen and oxygen atoms in total. The Balaban J connectivity index is 2.33. The first-order valence-electron chi connectivity index (χ1n) is 5.39. The van der Waals surface area contributed by atoms with Crippen molar-refractivity contribution in [2.24, 2.45) is 0 Å². The molecule has 0 amide bonds. The van der Waals surface area contributed by atoms with Gasteiger partial charge in [0.1, 0.15) is 5.82 Å². The van der Waals surface area contributed by atoms with E-state index in [0.717, 1.165) is 15.7 Å². The molecular weight excluding hydrogens is 332 g/mol. The van der Waals surface area contributed by atoms with Crippen molar-refractivity contribution in [3.8, 4) is 0 Å². The van der Waals surface area contributed by atoms with Crippen molar-refractivity contribution in [1.29, 1.82) is 0 Å². The van der Waals surface area contributed by atoms with Gasteiger partial charge < -0.3 is 10.4 Å². The van der Waals surface area contributed by atoms with Gasteiger partial charge in [-0.15, -0.1) is 0 Å². The number of aryl methyl sites for hydroxylation is 1. The summed E-state index contributed by atoms with van der Waals surface area (Å²) in [5.41, 5.74) is 1.89. The summed E-state index contributed by atoms with van der Waals surface area (Å²) in [7, 11) is 0. The van der Waals surface area contributed by atoms with Crippen molar-refractivity contribution in [2.75, 3.05) is 5.32 Å². The van der Waals surface area contributed by atoms with Gasteiger partial charge in [0.25, 0.3) is 0 Å². The van der Waals surface area contributed by atoms with E-state index in [-0.39, 0.29) is 10.6 Å². The lowest BCUT2D eigenvalue weighted by atomic mass is 10.2. The number of carbonyl (C=O) groups is 1. The molecule has 0 aliphatic heterocycles. The van der Waals surface area contributed by atoms with E-state index in [0.29, 0.717) is 5.82 Å². The fourth-order valence-electron chi connectivity index (χ4n) is 1.58. The summed E-state index contributed by atoms with van der Waals surface area (Å²) in [6.45, 7) is 1.95. The zero-order valence-electron chi connectivity index (χ0n) is 9.95. The van der Waals surface area contributed by atoms with Gasteiger partial charge in [-0.05, 0) is 36.8 Å². The van der Waals surface area contributed by atoms with Gasteiger partial charge in [0.05, 0.1) is 10.6 Å². The third-order valence-corrected chi connectivity index (χ3v) is 3.33. The molecular formula is C13H10BrClN2O2. The lowest BCUT2D eigenvalue weighted by Gasteiger charge is -2.10. The predicted molar refractivity (Wildman–Crippen MR) is 78.4 cm³/mol. The molecule has 98 valence electrons. The molecule has 1 aromatic heterocycles. The molecule has 2 aromatic rings. The number of nitrogens with zero attached hydrogens (tertiary/aromatic N) is 1. The van der Waals surface area contributed by atoms with Crippen molar-refractivity contribution >= 4 is 45.0 Å². The van der Waals surface area contributed by atoms with Crippen LogP contribution in [0, 0.1) is 6.92 Å². The third-order valence-electron chi connectivity index (χ3n) is 2.54. The van der Waals surface area contributed by atoms with Crippen LogP contribution in [0.15, 0.2) is 34.9 Å². The van der Waals surface area contributed by atoms with E-state index < -0.39 is 5.97 Å². The number of aromatic nitrogens is 1. The molecule has 19 heavy (non-hydrogen) atoms. The van der Waals surface area contributed by atoms with Gasteiger partial charge >= 0.3 is 5.97 Å². The summed E-state index contributed by atoms with van der Waals surface area (Å²) in [4.78, 5) is 15.1. The first-order valence-corrected chi connectivity index (χ1v) is 6.56. The quantitative estimate of drug-likeness (QED) is 0.876. The number of benzene rings is 1. The second kappa shape index (κ2) is 5.59. The van der Waals surface area contributed by atoms with Gasteiger partial charge in [0, 0.05) is 16.4 Å². The Morgan fingerprint density at radius 1 is 1.42 bits per heavy atom. The Hall–Kier alpha value is -1.59. The molecule has 0 bridgehead atoms. The minimum absolute atomic E-state index is 0.0222. The average molecular weight is 342 g/mol. The highest BCUT2D eigenvalue weighted by Gasteiger charge is 2.11. The van der Waals surface area contributed by atoms with Crippen LogP contribution in [0.1, 0.15) is 15.9 Å². The van der Waals surface area contributed by atoms with Crippen molar-refractivity contribution in [3.05, 3.63) is 51.1 Å². The molecule has 0 fully saturated rings. The Bertz CT molecular complexity index is 647. The lowest BCUT2D eigenvalue weighted by molar-refractivity contribution is 0.0697. The highest BCUT2D eigenvalue weighted by atomic mass is 79.9. The van der Waals surface area contributed by atoms with Crippen molar-refractivity contribution < 1.29 is 9.90 Å². The summed E-state index contributed by atoms with van der Waals surface area (Å²) >= 11 is 9.15. The Morgan fingerprint density at radius 3 is 2.79 bits per heavy atom. The summed E-state index contributed by atoms with van der Waals surface area (Å²) in [5, 5.41) is 12.2. The number of anilines is 2. The molecule has 2 rings (SSSR count). The number of pyridine rings is 1. The number of nitrogens with one attached hydrogen (secondary N) is 1. The molecule has 0 aliphatic rings. The number of hydrogen-bond acceptors (Lipinski definition) is 3. The van der Waals surface area contributed by atoms with Gasteiger partial charge in [0.15, 0.2) is 0 Å². The first-order chi connectivity index (χ1) is 8.97. The molecule has 0 aliphatic carbocycles. The minimum Gasteiger partial charge on any atom is -0.478 e. The second-order valence-corrected chi connectivity index (χ2v) is 5.26. The highest BCUT2D eigenvalue weighted by Crippen LogP contribution is 2.25. The lowest BCUT2D eigenvalue weighted by Crippen LogP contribution is -2.02. The second-order valence-electron chi connectivity index (χ2n) is 3.94. The molecule has 0 atom stereocenters. The smallest absolute Gasteiger partial charge is 0.337 e. The van der Waals surface area contributed by atoms with E-state index in [1.807, 2.05) is 25.1 Å². The molecule has 1 heterocycles. The maximum absolute atomic E-state index is 11.0. The largest absolute Gasteiger partial charge is 0.478 e. The Kier molecular flexibility index (Phi) is 4.07. The summed E-state index contributed by atoms with van der Waals surface area (Å²) in [5.74, 6) is -0.643. The van der Waals surface area contributed by atoms with Crippen LogP contribution in [-0.4, -0.2) is 16.1 Å². The summed E-state index contributed by atoms with van der Waals surface area (Å²) < 4.78 is 0.978. The number of carboxylic acids is 1. The van der Waals surface area contributed by atoms with Gasteiger partial charge in [-0.2, -0.15) is 0 Å². The van der Waals surface area contributed by atoms with Gasteiger partial charge in [-0.1, -0.05) is 27.5 Å². The van der Waals surface area contributed by atoms with Crippen LogP contribution in [-0.2, 0) is 0 Å². The van der Waals surface area contributed by atoms with E-state index in [9.17, 15) is 4.79 Å². The number of halogens is 2. The molecule has 0 unspecified atom stereocenters. The zero-order chi connectivity index (χ0) is 14.0. The number of carboxylic acid groups (broad SMARTS) is 1. The first kappa shape index (κ1) is 13.8. The monoisotopic (exact) mass is 340 g/mol. The molecule has 0 saturated heterocycles. The zero-order valence-corrected chi connectivity index (χ0v) is 12.3. The van der Waals surface area contributed by atoms with Crippen molar-refractivity contribution in [2.45, 2.75) is 6.92 Å². The van der Waals surface area contributed by atoms with Gasteiger partial charge in [-0.3, -0.25) is 0 Å². The highest BCUT2D eigenvalue weighted by molar-refractivity contribution is 9.10. The van der Waals surface area contributed by atoms with Crippen LogP contribution in [0.2, 0.25) is 5.02 Å². The Morgan fingerprint density at radius 2 is 2.16 bits per heavy atom. The molecule has 0 spiro atoms. The third kappa shape index (κ3) is 3.24. The SMILES string of the molecule is Cc1cc(Br)ccc1Nc1cc(C(=O)O)c(Cl)cn1. The van der Waals surface area contributed by atoms with Crippen LogP contribution >= 0.6 is 27.5 Å². The van der Waals surface area contributed by atoms with E-state index in [4.69, 9.17) is 16.7 Å². The maximum Gasteiger partial charge on any atom is 0.337 e. The van der Waals surface area contributed by atoms with E-state index in [1.54, 1.807) is 0 Å². The standard InChI is InChI=1S/C13H10BrClN2O2/c1-7-4-8(14)2-3-11(7)17-12-5-9(13(18)19)10(15)6-16-12/h2-6H,1H3,(H,16,17)(H,18,19). The molecule has 0 saturated carbocycles. The molecule has 6 heteroatoms. The van der Waals surface area contributed by atoms with Gasteiger partial charge in [-0.25, -0.2) is 9.78 Å². The van der Waals surface area contributed by atoms with Crippen molar-refractivity contribution in [1.82, 2.24) is 4.98 Å². The summed E-state index contributed by atoms with van der Waals surface area (Å²) in [6, 6.07) is 7.14. The number of rotatable bonds is 3. The van der Waals surface area contributed by atoms with Crippen LogP contribution in [0.3, 0.4) is 0 Å². The molecule has 0 radical (unpaired) electrons. The van der Waals surface area contributed by atoms with Crippen LogP contribution < -0.4 is 5.32 Å². The predicted octanol–water partition coefficient (Wildman–Crippen LogP) is 4.25. The summed E-state index contributed by atoms with van der Waals surface area (Å²) in [6.07, 6.45) is 1.32. The van der Waals surface area contributed by atoms with Crippen molar-refractivity contribution in [3.63, 3.8) is 0 Å². The minimum atomic E-state index is -1.08. The van der Waals surface area contributed by atoms with Crippen LogP contribution in [0.5, 0.6) is 0 Å². The van der Waals surface area contributed by atoms with E-state index >= 15 is 0 Å². The Labute approximate surface area is 123 Å². The van der Waals surface area contributed by atoms with Gasteiger partial charge in [0.2, 0.25) is 0 Å². The number of hydrogen-bond donors (Lipinski definition) is 2. The van der Waals surface area contributed by atoms with Crippen LogP contribution in [0.4, 0.5) is 11.5 Å². The maximum atomic E-state index is 11.0. The normalized spacial score (nSPS) is 10.3. The topological polar surface area (TPSA) is 62.2 Å². The average Bonchev–Trinajstić information content (AvgIpc) is 2.34. The van der Waals surface area contributed by atoms with E-state index in [1.165, 1.54) is 12.3 Å². The molecule has 1 aromatic carbocycles. The molecule has 2 N–H and O–H groups in total. The number of aromatic carboxylic acids is 1. The van der Waals surface area contributed by atoms with Crippen LogP contribution in [0.25, 0.3) is 0 Å². The fraction of sp³-hybridized carbons (Fsp3) is 0.0769. The fourth-order valence-corrected chi connectivity index (χ4v) is 2.24. The van der Waals surface area contributed by atoms with E-state index in [2.05, 4.69) is 26.2 Å².